The lowest BCUT2D eigenvalue weighted by atomic mass is 10.1. The van der Waals surface area contributed by atoms with Gasteiger partial charge < -0.3 is 15.2 Å². The third-order valence-corrected chi connectivity index (χ3v) is 4.33. The maximum absolute atomic E-state index is 12.5. The van der Waals surface area contributed by atoms with E-state index in [2.05, 4.69) is 29.0 Å². The monoisotopic (exact) mass is 291 g/mol. The van der Waals surface area contributed by atoms with E-state index in [-0.39, 0.29) is 11.9 Å². The van der Waals surface area contributed by atoms with Crippen molar-refractivity contribution in [1.82, 2.24) is 15.2 Å². The molecular weight excluding hydrogens is 262 g/mol. The summed E-state index contributed by atoms with van der Waals surface area (Å²) in [6.07, 6.45) is 8.96. The molecule has 2 rings (SSSR count). The molecular formula is C17H29N3O. The van der Waals surface area contributed by atoms with Crippen molar-refractivity contribution in [2.75, 3.05) is 13.1 Å². The van der Waals surface area contributed by atoms with Crippen molar-refractivity contribution in [3.8, 4) is 0 Å². The maximum atomic E-state index is 12.5. The molecule has 1 saturated heterocycles. The number of nitrogens with one attached hydrogen (secondary N) is 2. The number of amides is 1. The molecule has 1 aromatic rings. The molecule has 0 spiro atoms. The molecule has 1 fully saturated rings. The number of unbranched alkanes of at least 4 members (excludes halogenated alkanes) is 2. The van der Waals surface area contributed by atoms with E-state index in [0.29, 0.717) is 6.04 Å². The van der Waals surface area contributed by atoms with E-state index in [9.17, 15) is 4.79 Å². The Hall–Kier alpha value is -1.29. The van der Waals surface area contributed by atoms with Gasteiger partial charge in [0.25, 0.3) is 5.91 Å². The highest BCUT2D eigenvalue weighted by atomic mass is 16.2. The van der Waals surface area contributed by atoms with Crippen LogP contribution in [-0.4, -0.2) is 29.6 Å². The molecule has 0 bridgehead atoms. The lowest BCUT2D eigenvalue weighted by Crippen LogP contribution is -2.36. The minimum atomic E-state index is 0.0718. The van der Waals surface area contributed by atoms with E-state index in [1.807, 2.05) is 18.3 Å². The Balaban J connectivity index is 1.91. The average molecular weight is 291 g/mol. The molecule has 2 N–H and O–H groups in total. The second-order valence-corrected chi connectivity index (χ2v) is 6.15. The molecule has 1 aromatic heterocycles. The first-order valence-electron chi connectivity index (χ1n) is 8.40. The molecule has 2 heterocycles. The van der Waals surface area contributed by atoms with Crippen molar-refractivity contribution in [3.05, 3.63) is 24.0 Å². The summed E-state index contributed by atoms with van der Waals surface area (Å²) in [7, 11) is 0. The van der Waals surface area contributed by atoms with Crippen molar-refractivity contribution in [3.63, 3.8) is 0 Å². The van der Waals surface area contributed by atoms with Crippen molar-refractivity contribution >= 4 is 5.91 Å². The van der Waals surface area contributed by atoms with Gasteiger partial charge in [-0.25, -0.2) is 0 Å². The number of aromatic nitrogens is 1. The minimum Gasteiger partial charge on any atom is -0.348 e. The van der Waals surface area contributed by atoms with Crippen molar-refractivity contribution in [2.45, 2.75) is 64.5 Å². The van der Waals surface area contributed by atoms with Gasteiger partial charge in [0, 0.05) is 18.3 Å². The van der Waals surface area contributed by atoms with Gasteiger partial charge in [-0.15, -0.1) is 0 Å². The Morgan fingerprint density at radius 1 is 1.43 bits per heavy atom. The van der Waals surface area contributed by atoms with Crippen LogP contribution >= 0.6 is 0 Å². The fourth-order valence-corrected chi connectivity index (χ4v) is 3.06. The van der Waals surface area contributed by atoms with Crippen LogP contribution in [0.5, 0.6) is 0 Å². The van der Waals surface area contributed by atoms with Crippen LogP contribution in [-0.2, 0) is 0 Å². The van der Waals surface area contributed by atoms with E-state index >= 15 is 0 Å². The van der Waals surface area contributed by atoms with Gasteiger partial charge in [-0.1, -0.05) is 26.2 Å². The van der Waals surface area contributed by atoms with E-state index < -0.39 is 0 Å². The predicted octanol–water partition coefficient (Wildman–Crippen LogP) is 3.11. The second-order valence-electron chi connectivity index (χ2n) is 6.15. The van der Waals surface area contributed by atoms with Crippen LogP contribution in [0.1, 0.15) is 68.9 Å². The van der Waals surface area contributed by atoms with Crippen molar-refractivity contribution in [2.24, 2.45) is 0 Å². The van der Waals surface area contributed by atoms with Gasteiger partial charge in [0.2, 0.25) is 0 Å². The third-order valence-electron chi connectivity index (χ3n) is 4.33. The van der Waals surface area contributed by atoms with Crippen LogP contribution in [0, 0.1) is 0 Å². The van der Waals surface area contributed by atoms with Crippen LogP contribution in [0.25, 0.3) is 0 Å². The molecule has 4 nitrogen and oxygen atoms in total. The van der Waals surface area contributed by atoms with Gasteiger partial charge >= 0.3 is 0 Å². The molecule has 0 saturated carbocycles. The fraction of sp³-hybridized carbons (Fsp3) is 0.706. The Bertz CT molecular complexity index is 435. The molecule has 0 aliphatic carbocycles. The Morgan fingerprint density at radius 3 is 2.90 bits per heavy atom. The van der Waals surface area contributed by atoms with Gasteiger partial charge in [0.05, 0.1) is 0 Å². The zero-order chi connectivity index (χ0) is 15.1. The van der Waals surface area contributed by atoms with Gasteiger partial charge in [-0.3, -0.25) is 4.79 Å². The Kier molecular flexibility index (Phi) is 6.30. The van der Waals surface area contributed by atoms with Crippen LogP contribution < -0.4 is 10.6 Å². The SMILES string of the molecule is CCCCCC(C)NC(=O)c1cccn1C1CCNCC1. The zero-order valence-electron chi connectivity index (χ0n) is 13.4. The number of hydrogen-bond donors (Lipinski definition) is 2. The van der Waals surface area contributed by atoms with Gasteiger partial charge in [0.15, 0.2) is 0 Å². The first-order valence-corrected chi connectivity index (χ1v) is 8.40. The summed E-state index contributed by atoms with van der Waals surface area (Å²) in [4.78, 5) is 12.5. The Labute approximate surface area is 128 Å². The van der Waals surface area contributed by atoms with E-state index in [1.165, 1.54) is 19.3 Å². The zero-order valence-corrected chi connectivity index (χ0v) is 13.4. The highest BCUT2D eigenvalue weighted by molar-refractivity contribution is 5.93. The first kappa shape index (κ1) is 16.1. The molecule has 0 aromatic carbocycles. The van der Waals surface area contributed by atoms with Crippen molar-refractivity contribution in [1.29, 1.82) is 0 Å². The van der Waals surface area contributed by atoms with Crippen LogP contribution in [0.3, 0.4) is 0 Å². The topological polar surface area (TPSA) is 46.1 Å². The standard InChI is InChI=1S/C17H29N3O/c1-3-4-5-7-14(2)19-17(21)16-8-6-13-20(16)15-9-11-18-12-10-15/h6,8,13-15,18H,3-5,7,9-12H2,1-2H3,(H,19,21). The predicted molar refractivity (Wildman–Crippen MR) is 86.6 cm³/mol. The second kappa shape index (κ2) is 8.23. The quantitative estimate of drug-likeness (QED) is 0.758. The van der Waals surface area contributed by atoms with E-state index in [1.54, 1.807) is 0 Å². The number of carbonyl (C=O) groups excluding carboxylic acids is 1. The normalized spacial score (nSPS) is 17.6. The summed E-state index contributed by atoms with van der Waals surface area (Å²) in [5.74, 6) is 0.0718. The lowest BCUT2D eigenvalue weighted by Gasteiger charge is -2.26. The number of piperidine rings is 1. The van der Waals surface area contributed by atoms with Crippen molar-refractivity contribution < 1.29 is 4.79 Å². The summed E-state index contributed by atoms with van der Waals surface area (Å²) in [6.45, 7) is 6.38. The highest BCUT2D eigenvalue weighted by Crippen LogP contribution is 2.21. The molecule has 1 atom stereocenters. The summed E-state index contributed by atoms with van der Waals surface area (Å²) in [6, 6.07) is 4.63. The molecule has 1 aliphatic heterocycles. The molecule has 1 unspecified atom stereocenters. The molecule has 0 radical (unpaired) electrons. The lowest BCUT2D eigenvalue weighted by molar-refractivity contribution is 0.0925. The van der Waals surface area contributed by atoms with E-state index in [0.717, 1.165) is 38.0 Å². The van der Waals surface area contributed by atoms with Crippen LogP contribution in [0.4, 0.5) is 0 Å². The third kappa shape index (κ3) is 4.60. The average Bonchev–Trinajstić information content (AvgIpc) is 2.98. The van der Waals surface area contributed by atoms with Crippen LogP contribution in [0.15, 0.2) is 18.3 Å². The number of nitrogens with zero attached hydrogens (tertiary/aromatic N) is 1. The van der Waals surface area contributed by atoms with E-state index in [4.69, 9.17) is 0 Å². The summed E-state index contributed by atoms with van der Waals surface area (Å²) in [5, 5.41) is 6.52. The van der Waals surface area contributed by atoms with Gasteiger partial charge in [-0.2, -0.15) is 0 Å². The summed E-state index contributed by atoms with van der Waals surface area (Å²) < 4.78 is 2.16. The maximum Gasteiger partial charge on any atom is 0.268 e. The van der Waals surface area contributed by atoms with Gasteiger partial charge in [0.1, 0.15) is 5.69 Å². The molecule has 4 heteroatoms. The summed E-state index contributed by atoms with van der Waals surface area (Å²) >= 11 is 0. The smallest absolute Gasteiger partial charge is 0.268 e. The molecule has 1 aliphatic rings. The number of hydrogen-bond acceptors (Lipinski definition) is 2. The fourth-order valence-electron chi connectivity index (χ4n) is 3.06. The summed E-state index contributed by atoms with van der Waals surface area (Å²) in [5.41, 5.74) is 0.809. The first-order chi connectivity index (χ1) is 10.2. The Morgan fingerprint density at radius 2 is 2.19 bits per heavy atom. The number of rotatable bonds is 7. The molecule has 21 heavy (non-hydrogen) atoms. The molecule has 118 valence electrons. The van der Waals surface area contributed by atoms with Crippen LogP contribution in [0.2, 0.25) is 0 Å². The number of carbonyl (C=O) groups is 1. The minimum absolute atomic E-state index is 0.0718. The van der Waals surface area contributed by atoms with Gasteiger partial charge in [-0.05, 0) is 51.4 Å². The largest absolute Gasteiger partial charge is 0.348 e. The highest BCUT2D eigenvalue weighted by Gasteiger charge is 2.20. The molecule has 1 amide bonds.